The van der Waals surface area contributed by atoms with Crippen molar-refractivity contribution < 1.29 is 29.0 Å². The van der Waals surface area contributed by atoms with Gasteiger partial charge >= 0.3 is 5.97 Å². The van der Waals surface area contributed by atoms with Crippen molar-refractivity contribution in [3.8, 4) is 34.3 Å². The van der Waals surface area contributed by atoms with Crippen molar-refractivity contribution in [3.63, 3.8) is 0 Å². The smallest absolute Gasteiger partial charge is 0.305 e. The number of nitrogens with one attached hydrogen (secondary N) is 2. The van der Waals surface area contributed by atoms with Crippen LogP contribution in [-0.4, -0.2) is 27.9 Å². The molecule has 0 fully saturated rings. The molecule has 0 aliphatic heterocycles. The number of aromatic nitrogens is 1. The summed E-state index contributed by atoms with van der Waals surface area (Å²) in [7, 11) is 0. The van der Waals surface area contributed by atoms with Crippen molar-refractivity contribution in [1.82, 2.24) is 10.3 Å². The van der Waals surface area contributed by atoms with Gasteiger partial charge in [-0.05, 0) is 65.7 Å². The lowest BCUT2D eigenvalue weighted by Gasteiger charge is -2.20. The van der Waals surface area contributed by atoms with Gasteiger partial charge in [0.15, 0.2) is 0 Å². The lowest BCUT2D eigenvalue weighted by atomic mass is 9.98. The quantitative estimate of drug-likeness (QED) is 0.117. The molecule has 0 saturated carbocycles. The topological polar surface area (TPSA) is 127 Å². The molecule has 1 heterocycles. The van der Waals surface area contributed by atoms with Gasteiger partial charge in [-0.25, -0.2) is 4.98 Å². The highest BCUT2D eigenvalue weighted by molar-refractivity contribution is 6.31. The van der Waals surface area contributed by atoms with Crippen LogP contribution in [-0.2, 0) is 4.79 Å². The largest absolute Gasteiger partial charge is 0.481 e. The Hall–Kier alpha value is -6.45. The molecule has 9 nitrogen and oxygen atoms in total. The van der Waals surface area contributed by atoms with Gasteiger partial charge in [-0.15, -0.1) is 0 Å². The molecule has 3 N–H and O–H groups in total. The number of aliphatic carboxylic acids is 1. The Morgan fingerprint density at radius 2 is 1.38 bits per heavy atom. The fourth-order valence-electron chi connectivity index (χ4n) is 5.16. The van der Waals surface area contributed by atoms with Crippen molar-refractivity contribution >= 4 is 35.1 Å². The molecule has 248 valence electrons. The van der Waals surface area contributed by atoms with E-state index in [-0.39, 0.29) is 28.3 Å². The first-order valence-corrected chi connectivity index (χ1v) is 15.9. The number of hydrogen-bond donors (Lipinski definition) is 3. The normalized spacial score (nSPS) is 11.2. The number of amides is 2. The summed E-state index contributed by atoms with van der Waals surface area (Å²) in [6.07, 6.45) is 0.978. The Bertz CT molecular complexity index is 2110. The number of pyridine rings is 1. The maximum absolute atomic E-state index is 13.7. The van der Waals surface area contributed by atoms with Gasteiger partial charge in [-0.1, -0.05) is 90.5 Å². The minimum absolute atomic E-state index is 0.0573. The minimum Gasteiger partial charge on any atom is -0.481 e. The Morgan fingerprint density at radius 1 is 0.720 bits per heavy atom. The first-order chi connectivity index (χ1) is 24.3. The van der Waals surface area contributed by atoms with Crippen molar-refractivity contribution in [2.75, 3.05) is 5.32 Å². The van der Waals surface area contributed by atoms with Gasteiger partial charge in [0, 0.05) is 22.8 Å². The highest BCUT2D eigenvalue weighted by atomic mass is 35.5. The van der Waals surface area contributed by atoms with Crippen LogP contribution >= 0.6 is 11.6 Å². The Labute approximate surface area is 293 Å². The molecule has 1 unspecified atom stereocenters. The zero-order valence-electron chi connectivity index (χ0n) is 26.5. The number of ether oxygens (including phenoxy) is 2. The maximum atomic E-state index is 13.7. The molecule has 10 heteroatoms. The summed E-state index contributed by atoms with van der Waals surface area (Å²) in [5, 5.41) is 15.5. The van der Waals surface area contributed by atoms with Crippen LogP contribution in [0.1, 0.15) is 38.7 Å². The molecule has 0 saturated heterocycles. The van der Waals surface area contributed by atoms with E-state index in [1.165, 1.54) is 24.4 Å². The third-order valence-electron chi connectivity index (χ3n) is 7.60. The van der Waals surface area contributed by atoms with Crippen LogP contribution in [0.2, 0.25) is 5.02 Å². The number of carboxylic acid groups (broad SMARTS) is 1. The number of carbonyl (C=O) groups is 3. The average Bonchev–Trinajstić information content (AvgIpc) is 3.13. The summed E-state index contributed by atoms with van der Waals surface area (Å²) in [6, 6.07) is 40.0. The van der Waals surface area contributed by atoms with Crippen LogP contribution in [0.5, 0.6) is 23.1 Å². The first kappa shape index (κ1) is 33.5. The molecule has 1 aromatic heterocycles. The molecule has 0 bridgehead atoms. The van der Waals surface area contributed by atoms with E-state index in [2.05, 4.69) is 15.6 Å². The van der Waals surface area contributed by atoms with Crippen molar-refractivity contribution in [2.24, 2.45) is 0 Å². The first-order valence-electron chi connectivity index (χ1n) is 15.6. The molecule has 2 amide bonds. The molecule has 0 radical (unpaired) electrons. The van der Waals surface area contributed by atoms with E-state index in [4.69, 9.17) is 21.1 Å². The van der Waals surface area contributed by atoms with Crippen molar-refractivity contribution in [2.45, 2.75) is 12.5 Å². The van der Waals surface area contributed by atoms with E-state index in [0.717, 1.165) is 11.1 Å². The van der Waals surface area contributed by atoms with Gasteiger partial charge in [-0.3, -0.25) is 14.4 Å². The monoisotopic (exact) mass is 683 g/mol. The second-order valence-electron chi connectivity index (χ2n) is 11.1. The fourth-order valence-corrected chi connectivity index (χ4v) is 5.33. The summed E-state index contributed by atoms with van der Waals surface area (Å²) >= 11 is 6.25. The number of halogens is 1. The molecular weight excluding hydrogens is 654 g/mol. The van der Waals surface area contributed by atoms with Crippen LogP contribution in [0.3, 0.4) is 0 Å². The molecule has 6 rings (SSSR count). The van der Waals surface area contributed by atoms with E-state index in [1.54, 1.807) is 36.4 Å². The van der Waals surface area contributed by atoms with Crippen LogP contribution < -0.4 is 20.1 Å². The third kappa shape index (κ3) is 8.52. The highest BCUT2D eigenvalue weighted by Crippen LogP contribution is 2.34. The van der Waals surface area contributed by atoms with Gasteiger partial charge < -0.3 is 25.2 Å². The number of carboxylic acids is 1. The predicted molar refractivity (Wildman–Crippen MR) is 191 cm³/mol. The van der Waals surface area contributed by atoms with E-state index in [0.29, 0.717) is 28.7 Å². The van der Waals surface area contributed by atoms with Crippen LogP contribution in [0.4, 0.5) is 5.69 Å². The fraction of sp³-hybridized carbons (Fsp3) is 0.0500. The van der Waals surface area contributed by atoms with Crippen molar-refractivity contribution in [1.29, 1.82) is 0 Å². The summed E-state index contributed by atoms with van der Waals surface area (Å²) in [6.45, 7) is 0. The second kappa shape index (κ2) is 15.6. The SMILES string of the molecule is O=C(O)CC(NC(=O)c1cc(Cl)ccc1NC(=O)c1ccc(Oc2ccccc2)nc1)c1ccc(-c2ccccc2Oc2ccccc2)cc1. The summed E-state index contributed by atoms with van der Waals surface area (Å²) in [5.74, 6) is 0.0167. The number of benzene rings is 5. The van der Waals surface area contributed by atoms with Gasteiger partial charge in [-0.2, -0.15) is 0 Å². The molecule has 0 spiro atoms. The third-order valence-corrected chi connectivity index (χ3v) is 7.84. The predicted octanol–water partition coefficient (Wildman–Crippen LogP) is 9.18. The molecule has 5 aromatic carbocycles. The van der Waals surface area contributed by atoms with Crippen LogP contribution in [0, 0.1) is 0 Å². The summed E-state index contributed by atoms with van der Waals surface area (Å²) in [5.41, 5.74) is 2.72. The lowest BCUT2D eigenvalue weighted by Crippen LogP contribution is -2.31. The zero-order chi connectivity index (χ0) is 34.9. The lowest BCUT2D eigenvalue weighted by molar-refractivity contribution is -0.137. The Kier molecular flexibility index (Phi) is 10.5. The Morgan fingerprint density at radius 3 is 2.04 bits per heavy atom. The number of carbonyl (C=O) groups excluding carboxylic acids is 2. The molecule has 6 aromatic rings. The van der Waals surface area contributed by atoms with Crippen LogP contribution in [0.25, 0.3) is 11.1 Å². The number of anilines is 1. The van der Waals surface area contributed by atoms with Crippen molar-refractivity contribution in [3.05, 3.63) is 167 Å². The minimum atomic E-state index is -1.10. The number of hydrogen-bond acceptors (Lipinski definition) is 6. The van der Waals surface area contributed by atoms with E-state index in [1.807, 2.05) is 84.9 Å². The molecule has 50 heavy (non-hydrogen) atoms. The van der Waals surface area contributed by atoms with Gasteiger partial charge in [0.05, 0.1) is 29.3 Å². The molecule has 0 aliphatic rings. The summed E-state index contributed by atoms with van der Waals surface area (Å²) in [4.78, 5) is 42.9. The molecular formula is C40H30ClN3O6. The summed E-state index contributed by atoms with van der Waals surface area (Å²) < 4.78 is 11.8. The molecule has 1 atom stereocenters. The zero-order valence-corrected chi connectivity index (χ0v) is 27.2. The standard InChI is InChI=1S/C40H30ClN3O6/c41-29-20-21-34(43-39(47)28-19-22-37(42-25-28)50-31-11-5-2-6-12-31)33(23-29)40(48)44-35(24-38(45)46)27-17-15-26(16-18-27)32-13-7-8-14-36(32)49-30-9-3-1-4-10-30/h1-23,25,35H,24H2,(H,43,47)(H,44,48)(H,45,46). The van der Waals surface area contributed by atoms with Gasteiger partial charge in [0.25, 0.3) is 11.8 Å². The van der Waals surface area contributed by atoms with Gasteiger partial charge in [0.2, 0.25) is 5.88 Å². The maximum Gasteiger partial charge on any atom is 0.305 e. The second-order valence-corrected chi connectivity index (χ2v) is 11.5. The number of rotatable bonds is 12. The number of para-hydroxylation sites is 3. The van der Waals surface area contributed by atoms with E-state index in [9.17, 15) is 19.5 Å². The Balaban J connectivity index is 1.18. The number of nitrogens with zero attached hydrogens (tertiary/aromatic N) is 1. The van der Waals surface area contributed by atoms with Crippen LogP contribution in [0.15, 0.2) is 146 Å². The van der Waals surface area contributed by atoms with E-state index < -0.39 is 23.8 Å². The average molecular weight is 684 g/mol. The molecule has 0 aliphatic carbocycles. The van der Waals surface area contributed by atoms with E-state index >= 15 is 0 Å². The highest BCUT2D eigenvalue weighted by Gasteiger charge is 2.22. The van der Waals surface area contributed by atoms with Gasteiger partial charge in [0.1, 0.15) is 17.2 Å².